The molecule has 4 aromatic rings. The summed E-state index contributed by atoms with van der Waals surface area (Å²) in [6.45, 7) is 3.63. The van der Waals surface area contributed by atoms with Crippen molar-refractivity contribution in [1.29, 1.82) is 0 Å². The molecular weight excluding hydrogens is 446 g/mol. The lowest BCUT2D eigenvalue weighted by Gasteiger charge is -2.19. The van der Waals surface area contributed by atoms with Gasteiger partial charge in [0.25, 0.3) is 11.8 Å². The summed E-state index contributed by atoms with van der Waals surface area (Å²) in [6, 6.07) is 14.5. The Balaban J connectivity index is 1.68. The molecule has 10 nitrogen and oxygen atoms in total. The zero-order valence-corrected chi connectivity index (χ0v) is 19.7. The first kappa shape index (κ1) is 23.8. The van der Waals surface area contributed by atoms with E-state index in [4.69, 9.17) is 4.42 Å². The van der Waals surface area contributed by atoms with E-state index in [1.807, 2.05) is 50.2 Å². The first-order valence-corrected chi connectivity index (χ1v) is 11.2. The van der Waals surface area contributed by atoms with Crippen LogP contribution in [0.15, 0.2) is 59.1 Å². The Morgan fingerprint density at radius 1 is 1.14 bits per heavy atom. The number of nitrogens with zero attached hydrogens (tertiary/aromatic N) is 4. The minimum atomic E-state index is -0.416. The van der Waals surface area contributed by atoms with Crippen LogP contribution in [0.3, 0.4) is 0 Å². The molecule has 0 saturated heterocycles. The number of rotatable bonds is 9. The van der Waals surface area contributed by atoms with Crippen molar-refractivity contribution in [1.82, 2.24) is 25.5 Å². The number of carbonyl (C=O) groups is 1. The lowest BCUT2D eigenvalue weighted by atomic mass is 10.1. The van der Waals surface area contributed by atoms with Gasteiger partial charge in [0.2, 0.25) is 11.8 Å². The summed E-state index contributed by atoms with van der Waals surface area (Å²) < 4.78 is 5.74. The summed E-state index contributed by atoms with van der Waals surface area (Å²) in [6.07, 6.45) is 2.20. The third kappa shape index (κ3) is 5.44. The number of hydrogen-bond acceptors (Lipinski definition) is 9. The number of amides is 1. The minimum absolute atomic E-state index is 0.150. The second-order valence-corrected chi connectivity index (χ2v) is 7.83. The Labute approximate surface area is 202 Å². The molecule has 35 heavy (non-hydrogen) atoms. The van der Waals surface area contributed by atoms with Crippen LogP contribution in [0.1, 0.15) is 40.3 Å². The molecule has 0 saturated carbocycles. The van der Waals surface area contributed by atoms with Gasteiger partial charge in [-0.2, -0.15) is 4.98 Å². The Hall–Kier alpha value is -4.31. The van der Waals surface area contributed by atoms with Crippen LogP contribution in [0, 0.1) is 6.92 Å². The molecule has 0 aliphatic carbocycles. The fraction of sp³-hybridized carbons (Fsp3) is 0.240. The molecule has 0 unspecified atom stereocenters. The highest BCUT2D eigenvalue weighted by atomic mass is 16.4. The van der Waals surface area contributed by atoms with Gasteiger partial charge in [0.05, 0.1) is 18.2 Å². The van der Waals surface area contributed by atoms with Gasteiger partial charge in [-0.3, -0.25) is 4.79 Å². The highest BCUT2D eigenvalue weighted by molar-refractivity contribution is 5.95. The predicted molar refractivity (Wildman–Crippen MR) is 132 cm³/mol. The Kier molecular flexibility index (Phi) is 7.32. The van der Waals surface area contributed by atoms with Gasteiger partial charge in [0.1, 0.15) is 5.82 Å². The van der Waals surface area contributed by atoms with Crippen LogP contribution in [0.5, 0.6) is 0 Å². The number of anilines is 3. The standard InChI is InChI=1S/C25H27N7O3/c1-4-21-31-32-24(35-21)19-13-27-25(28-17-10-11-18(15(2)12-17)23(34)26-3)30-22(19)29-20(14-33)16-8-6-5-7-9-16/h5-13,20,33H,4,14H2,1-3H3,(H,26,34)(H2,27,28,29,30)/t20-/m1/s1. The fourth-order valence-corrected chi connectivity index (χ4v) is 3.56. The van der Waals surface area contributed by atoms with Crippen molar-refractivity contribution in [2.45, 2.75) is 26.3 Å². The van der Waals surface area contributed by atoms with Crippen LogP contribution in [-0.4, -0.2) is 44.8 Å². The lowest BCUT2D eigenvalue weighted by molar-refractivity contribution is 0.0962. The zero-order chi connectivity index (χ0) is 24.8. The summed E-state index contributed by atoms with van der Waals surface area (Å²) in [7, 11) is 1.60. The van der Waals surface area contributed by atoms with E-state index in [9.17, 15) is 9.90 Å². The SMILES string of the molecule is CCc1nnc(-c2cnc(Nc3ccc(C(=O)NC)c(C)c3)nc2N[C@H](CO)c2ccccc2)o1. The van der Waals surface area contributed by atoms with Gasteiger partial charge < -0.3 is 25.5 Å². The number of aromatic nitrogens is 4. The van der Waals surface area contributed by atoms with Crippen molar-refractivity contribution < 1.29 is 14.3 Å². The normalized spacial score (nSPS) is 11.7. The van der Waals surface area contributed by atoms with Crippen molar-refractivity contribution in [2.24, 2.45) is 0 Å². The first-order valence-electron chi connectivity index (χ1n) is 11.2. The van der Waals surface area contributed by atoms with E-state index in [0.29, 0.717) is 35.2 Å². The number of aliphatic hydroxyl groups excluding tert-OH is 1. The number of aryl methyl sites for hydroxylation is 2. The third-order valence-corrected chi connectivity index (χ3v) is 5.44. The van der Waals surface area contributed by atoms with Crippen LogP contribution in [0.2, 0.25) is 0 Å². The van der Waals surface area contributed by atoms with Gasteiger partial charge in [-0.25, -0.2) is 4.98 Å². The molecule has 1 amide bonds. The van der Waals surface area contributed by atoms with Gasteiger partial charge in [-0.05, 0) is 36.2 Å². The maximum atomic E-state index is 12.0. The van der Waals surface area contributed by atoms with Gasteiger partial charge in [-0.1, -0.05) is 37.3 Å². The van der Waals surface area contributed by atoms with E-state index in [0.717, 1.165) is 16.8 Å². The molecule has 2 aromatic carbocycles. The van der Waals surface area contributed by atoms with Crippen LogP contribution in [-0.2, 0) is 6.42 Å². The first-order chi connectivity index (χ1) is 17.0. The van der Waals surface area contributed by atoms with E-state index in [-0.39, 0.29) is 18.4 Å². The molecule has 0 bridgehead atoms. The molecule has 0 aliphatic heterocycles. The monoisotopic (exact) mass is 473 g/mol. The van der Waals surface area contributed by atoms with Crippen molar-refractivity contribution in [2.75, 3.05) is 24.3 Å². The highest BCUT2D eigenvalue weighted by Crippen LogP contribution is 2.30. The van der Waals surface area contributed by atoms with Gasteiger partial charge in [0, 0.05) is 30.9 Å². The topological polar surface area (TPSA) is 138 Å². The fourth-order valence-electron chi connectivity index (χ4n) is 3.56. The molecule has 0 radical (unpaired) electrons. The molecule has 0 fully saturated rings. The quantitative estimate of drug-likeness (QED) is 0.287. The number of carbonyl (C=O) groups excluding carboxylic acids is 1. The van der Waals surface area contributed by atoms with Crippen LogP contribution >= 0.6 is 0 Å². The summed E-state index contributed by atoms with van der Waals surface area (Å²) >= 11 is 0. The molecule has 1 atom stereocenters. The zero-order valence-electron chi connectivity index (χ0n) is 19.7. The van der Waals surface area contributed by atoms with E-state index in [1.165, 1.54) is 0 Å². The molecule has 10 heteroatoms. The van der Waals surface area contributed by atoms with Crippen LogP contribution < -0.4 is 16.0 Å². The van der Waals surface area contributed by atoms with Gasteiger partial charge >= 0.3 is 0 Å². The maximum Gasteiger partial charge on any atom is 0.253 e. The lowest BCUT2D eigenvalue weighted by Crippen LogP contribution is -2.19. The van der Waals surface area contributed by atoms with Gasteiger partial charge in [0.15, 0.2) is 0 Å². The maximum absolute atomic E-state index is 12.0. The number of nitrogens with one attached hydrogen (secondary N) is 3. The Morgan fingerprint density at radius 3 is 2.60 bits per heavy atom. The summed E-state index contributed by atoms with van der Waals surface area (Å²) in [5, 5.41) is 27.3. The molecule has 4 N–H and O–H groups in total. The van der Waals surface area contributed by atoms with Gasteiger partial charge in [-0.15, -0.1) is 10.2 Å². The average molecular weight is 474 g/mol. The molecule has 4 rings (SSSR count). The molecule has 2 aromatic heterocycles. The minimum Gasteiger partial charge on any atom is -0.421 e. The summed E-state index contributed by atoms with van der Waals surface area (Å²) in [5.74, 6) is 1.38. The second kappa shape index (κ2) is 10.7. The third-order valence-electron chi connectivity index (χ3n) is 5.44. The van der Waals surface area contributed by atoms with Crippen molar-refractivity contribution in [3.05, 3.63) is 77.3 Å². The highest BCUT2D eigenvalue weighted by Gasteiger charge is 2.19. The van der Waals surface area contributed by atoms with E-state index < -0.39 is 6.04 Å². The molecular formula is C25H27N7O3. The largest absolute Gasteiger partial charge is 0.421 e. The van der Waals surface area contributed by atoms with Crippen LogP contribution in [0.4, 0.5) is 17.5 Å². The molecule has 180 valence electrons. The summed E-state index contributed by atoms with van der Waals surface area (Å²) in [5.41, 5.74) is 3.54. The van der Waals surface area contributed by atoms with E-state index >= 15 is 0 Å². The average Bonchev–Trinajstić information content (AvgIpc) is 3.37. The van der Waals surface area contributed by atoms with Crippen molar-refractivity contribution in [3.8, 4) is 11.5 Å². The molecule has 2 heterocycles. The van der Waals surface area contributed by atoms with Crippen molar-refractivity contribution in [3.63, 3.8) is 0 Å². The van der Waals surface area contributed by atoms with E-state index in [1.54, 1.807) is 25.4 Å². The Morgan fingerprint density at radius 2 is 1.94 bits per heavy atom. The Bertz CT molecular complexity index is 1310. The van der Waals surface area contributed by atoms with Crippen LogP contribution in [0.25, 0.3) is 11.5 Å². The number of hydrogen-bond donors (Lipinski definition) is 4. The van der Waals surface area contributed by atoms with E-state index in [2.05, 4.69) is 36.1 Å². The van der Waals surface area contributed by atoms with Crippen molar-refractivity contribution >= 4 is 23.4 Å². The number of benzene rings is 2. The molecule has 0 aliphatic rings. The second-order valence-electron chi connectivity index (χ2n) is 7.83. The number of aliphatic hydroxyl groups is 1. The molecule has 0 spiro atoms. The summed E-state index contributed by atoms with van der Waals surface area (Å²) in [4.78, 5) is 21.1. The smallest absolute Gasteiger partial charge is 0.253 e. The predicted octanol–water partition coefficient (Wildman–Crippen LogP) is 3.65.